The van der Waals surface area contributed by atoms with Crippen LogP contribution in [0, 0.1) is 0 Å². The zero-order valence-corrected chi connectivity index (χ0v) is 15.1. The van der Waals surface area contributed by atoms with E-state index in [-0.39, 0.29) is 0 Å². The summed E-state index contributed by atoms with van der Waals surface area (Å²) in [5, 5.41) is 4.72. The van der Waals surface area contributed by atoms with Gasteiger partial charge in [-0.2, -0.15) is 5.10 Å². The minimum absolute atomic E-state index is 0.925. The lowest BCUT2D eigenvalue weighted by Gasteiger charge is -2.11. The molecule has 120 valence electrons. The van der Waals surface area contributed by atoms with Gasteiger partial charge in [0, 0.05) is 15.6 Å². The van der Waals surface area contributed by atoms with Gasteiger partial charge in [-0.1, -0.05) is 83.5 Å². The molecule has 0 aliphatic rings. The molecule has 0 saturated carbocycles. The quantitative estimate of drug-likeness (QED) is 0.435. The zero-order valence-electron chi connectivity index (χ0n) is 13.5. The molecule has 0 amide bonds. The number of para-hydroxylation sites is 1. The number of hydrazone groups is 1. The highest BCUT2D eigenvalue weighted by molar-refractivity contribution is 9.10. The van der Waals surface area contributed by atoms with Gasteiger partial charge < -0.3 is 0 Å². The fraction of sp³-hybridized carbons (Fsp3) is 0.0952. The molecule has 0 spiro atoms. The van der Waals surface area contributed by atoms with Crippen LogP contribution >= 0.6 is 15.9 Å². The van der Waals surface area contributed by atoms with Gasteiger partial charge in [-0.05, 0) is 30.2 Å². The molecule has 0 bridgehead atoms. The van der Waals surface area contributed by atoms with Crippen molar-refractivity contribution >= 4 is 27.3 Å². The second-order valence-electron chi connectivity index (χ2n) is 5.46. The highest BCUT2D eigenvalue weighted by Crippen LogP contribution is 2.18. The van der Waals surface area contributed by atoms with Crippen molar-refractivity contribution in [2.45, 2.75) is 13.3 Å². The summed E-state index contributed by atoms with van der Waals surface area (Å²) < 4.78 is 1.06. The standard InChI is InChI=1S/C21H19BrN2/c1-2-16-8-6-7-11-20(16)23-24-21(17-9-4-3-5-10-17)18-12-14-19(22)15-13-18/h3-15,23H,2H2,1H3/b24-21+. The summed E-state index contributed by atoms with van der Waals surface area (Å²) in [4.78, 5) is 0. The van der Waals surface area contributed by atoms with Crippen molar-refractivity contribution in [3.8, 4) is 0 Å². The van der Waals surface area contributed by atoms with Gasteiger partial charge in [-0.15, -0.1) is 0 Å². The van der Waals surface area contributed by atoms with Crippen LogP contribution in [0.4, 0.5) is 5.69 Å². The number of hydrogen-bond acceptors (Lipinski definition) is 2. The van der Waals surface area contributed by atoms with E-state index in [9.17, 15) is 0 Å². The van der Waals surface area contributed by atoms with E-state index < -0.39 is 0 Å². The third-order valence-electron chi connectivity index (χ3n) is 3.85. The third kappa shape index (κ3) is 3.92. The van der Waals surface area contributed by atoms with Crippen molar-refractivity contribution in [1.82, 2.24) is 0 Å². The van der Waals surface area contributed by atoms with Crippen LogP contribution < -0.4 is 5.43 Å². The van der Waals surface area contributed by atoms with Crippen molar-refractivity contribution in [1.29, 1.82) is 0 Å². The van der Waals surface area contributed by atoms with Gasteiger partial charge in [0.2, 0.25) is 0 Å². The smallest absolute Gasteiger partial charge is 0.0977 e. The van der Waals surface area contributed by atoms with Gasteiger partial charge in [0.1, 0.15) is 0 Å². The number of benzene rings is 3. The molecule has 2 nitrogen and oxygen atoms in total. The lowest BCUT2D eigenvalue weighted by Crippen LogP contribution is -2.07. The van der Waals surface area contributed by atoms with E-state index in [1.807, 2.05) is 36.4 Å². The van der Waals surface area contributed by atoms with E-state index >= 15 is 0 Å². The SMILES string of the molecule is CCc1ccccc1N/N=C(\c1ccccc1)c1ccc(Br)cc1. The van der Waals surface area contributed by atoms with Gasteiger partial charge in [0.25, 0.3) is 0 Å². The van der Waals surface area contributed by atoms with Crippen molar-refractivity contribution in [2.75, 3.05) is 5.43 Å². The number of halogens is 1. The average molecular weight is 379 g/mol. The van der Waals surface area contributed by atoms with Crippen LogP contribution in [0.5, 0.6) is 0 Å². The van der Waals surface area contributed by atoms with E-state index in [0.717, 1.165) is 33.4 Å². The number of rotatable bonds is 5. The summed E-state index contributed by atoms with van der Waals surface area (Å²) in [6.45, 7) is 2.15. The average Bonchev–Trinajstić information content (AvgIpc) is 2.64. The summed E-state index contributed by atoms with van der Waals surface area (Å²) >= 11 is 3.49. The van der Waals surface area contributed by atoms with E-state index in [2.05, 4.69) is 70.7 Å². The third-order valence-corrected chi connectivity index (χ3v) is 4.38. The van der Waals surface area contributed by atoms with Gasteiger partial charge in [-0.25, -0.2) is 0 Å². The van der Waals surface area contributed by atoms with Crippen LogP contribution in [0.25, 0.3) is 0 Å². The van der Waals surface area contributed by atoms with Gasteiger partial charge in [-0.3, -0.25) is 5.43 Å². The Bertz CT molecular complexity index is 824. The number of nitrogens with zero attached hydrogens (tertiary/aromatic N) is 1. The van der Waals surface area contributed by atoms with E-state index in [1.165, 1.54) is 5.56 Å². The minimum atomic E-state index is 0.925. The maximum Gasteiger partial charge on any atom is 0.0977 e. The van der Waals surface area contributed by atoms with Gasteiger partial charge >= 0.3 is 0 Å². The van der Waals surface area contributed by atoms with Crippen LogP contribution in [0.2, 0.25) is 0 Å². The van der Waals surface area contributed by atoms with Crippen molar-refractivity contribution < 1.29 is 0 Å². The highest BCUT2D eigenvalue weighted by Gasteiger charge is 2.07. The second kappa shape index (κ2) is 7.93. The fourth-order valence-corrected chi connectivity index (χ4v) is 2.82. The zero-order chi connectivity index (χ0) is 16.8. The van der Waals surface area contributed by atoms with E-state index in [4.69, 9.17) is 5.10 Å². The second-order valence-corrected chi connectivity index (χ2v) is 6.37. The Hall–Kier alpha value is -2.39. The molecule has 1 N–H and O–H groups in total. The first-order valence-electron chi connectivity index (χ1n) is 8.01. The van der Waals surface area contributed by atoms with Crippen LogP contribution in [0.1, 0.15) is 23.6 Å². The van der Waals surface area contributed by atoms with Gasteiger partial charge in [0.15, 0.2) is 0 Å². The molecule has 3 aromatic carbocycles. The largest absolute Gasteiger partial charge is 0.278 e. The first-order valence-corrected chi connectivity index (χ1v) is 8.80. The van der Waals surface area contributed by atoms with E-state index in [0.29, 0.717) is 0 Å². The molecular formula is C21H19BrN2. The van der Waals surface area contributed by atoms with Crippen LogP contribution in [0.15, 0.2) is 88.4 Å². The van der Waals surface area contributed by atoms with Crippen LogP contribution in [-0.2, 0) is 6.42 Å². The summed E-state index contributed by atoms with van der Waals surface area (Å²) in [7, 11) is 0. The Kier molecular flexibility index (Phi) is 5.44. The summed E-state index contributed by atoms with van der Waals surface area (Å²) in [5.41, 5.74) is 8.64. The maximum atomic E-state index is 4.72. The highest BCUT2D eigenvalue weighted by atomic mass is 79.9. The summed E-state index contributed by atoms with van der Waals surface area (Å²) in [5.74, 6) is 0. The molecule has 0 aliphatic carbocycles. The molecule has 0 aromatic heterocycles. The number of aryl methyl sites for hydroxylation is 1. The van der Waals surface area contributed by atoms with Crippen molar-refractivity contribution in [2.24, 2.45) is 5.10 Å². The van der Waals surface area contributed by atoms with Crippen molar-refractivity contribution in [3.63, 3.8) is 0 Å². The molecule has 0 saturated heterocycles. The van der Waals surface area contributed by atoms with Crippen LogP contribution in [0.3, 0.4) is 0 Å². The molecule has 0 fully saturated rings. The molecule has 0 heterocycles. The molecule has 3 rings (SSSR count). The molecule has 24 heavy (non-hydrogen) atoms. The Balaban J connectivity index is 2.00. The molecule has 0 radical (unpaired) electrons. The summed E-state index contributed by atoms with van der Waals surface area (Å²) in [6.07, 6.45) is 0.970. The fourth-order valence-electron chi connectivity index (χ4n) is 2.55. The molecular weight excluding hydrogens is 360 g/mol. The predicted molar refractivity (Wildman–Crippen MR) is 106 cm³/mol. The minimum Gasteiger partial charge on any atom is -0.278 e. The normalized spacial score (nSPS) is 11.3. The first-order chi connectivity index (χ1) is 11.8. The number of hydrogen-bond donors (Lipinski definition) is 1. The molecule has 3 aromatic rings. The maximum absolute atomic E-state index is 4.72. The molecule has 0 aliphatic heterocycles. The molecule has 3 heteroatoms. The number of anilines is 1. The van der Waals surface area contributed by atoms with Crippen LogP contribution in [-0.4, -0.2) is 5.71 Å². The summed E-state index contributed by atoms with van der Waals surface area (Å²) in [6, 6.07) is 26.7. The van der Waals surface area contributed by atoms with E-state index in [1.54, 1.807) is 0 Å². The van der Waals surface area contributed by atoms with Gasteiger partial charge in [0.05, 0.1) is 11.4 Å². The van der Waals surface area contributed by atoms with Crippen molar-refractivity contribution in [3.05, 3.63) is 100 Å². The lowest BCUT2D eigenvalue weighted by molar-refractivity contribution is 1.13. The lowest BCUT2D eigenvalue weighted by atomic mass is 10.0. The Morgan fingerprint density at radius 2 is 1.46 bits per heavy atom. The molecule has 0 unspecified atom stereocenters. The Morgan fingerprint density at radius 1 is 0.833 bits per heavy atom. The number of nitrogens with one attached hydrogen (secondary N) is 1. The Morgan fingerprint density at radius 3 is 2.17 bits per heavy atom. The first kappa shape index (κ1) is 16.5. The monoisotopic (exact) mass is 378 g/mol. The predicted octanol–water partition coefficient (Wildman–Crippen LogP) is 5.88. The topological polar surface area (TPSA) is 24.4 Å². The molecule has 0 atom stereocenters. The Labute approximate surface area is 151 Å².